The van der Waals surface area contributed by atoms with Crippen LogP contribution in [0.5, 0.6) is 0 Å². The van der Waals surface area contributed by atoms with Crippen LogP contribution in [0.4, 0.5) is 0 Å². The van der Waals surface area contributed by atoms with Gasteiger partial charge in [0.2, 0.25) is 0 Å². The van der Waals surface area contributed by atoms with Crippen molar-refractivity contribution in [2.45, 2.75) is 37.5 Å². The molecular weight excluding hydrogens is 354 g/mol. The Kier molecular flexibility index (Phi) is 7.02. The van der Waals surface area contributed by atoms with Crippen LogP contribution >= 0.6 is 11.8 Å². The fraction of sp³-hybridized carbons (Fsp3) is 0.500. The maximum absolute atomic E-state index is 5.55. The number of thioether (sulfide) groups is 1. The molecule has 146 valence electrons. The lowest BCUT2D eigenvalue weighted by atomic mass is 9.99. The van der Waals surface area contributed by atoms with Gasteiger partial charge in [-0.05, 0) is 55.3 Å². The standard InChI is InChI=1S/C22H31N3OS/c1-4-23-21(24-16-22(27-3)11-13-26-14-12-22)25-17(2)19-10-9-18-7-5-6-8-20(18)15-19/h5-10,15,17H,4,11-14,16H2,1-3H3,(H2,23,24,25). The van der Waals surface area contributed by atoms with Crippen molar-refractivity contribution in [3.8, 4) is 0 Å². The van der Waals surface area contributed by atoms with E-state index in [1.54, 1.807) is 0 Å². The molecule has 1 heterocycles. The van der Waals surface area contributed by atoms with Crippen molar-refractivity contribution in [2.24, 2.45) is 4.99 Å². The van der Waals surface area contributed by atoms with Crippen molar-refractivity contribution in [1.82, 2.24) is 10.6 Å². The Balaban J connectivity index is 1.71. The summed E-state index contributed by atoms with van der Waals surface area (Å²) in [6.07, 6.45) is 4.33. The molecule has 2 aromatic rings. The van der Waals surface area contributed by atoms with E-state index in [1.807, 2.05) is 11.8 Å². The number of rotatable bonds is 6. The smallest absolute Gasteiger partial charge is 0.191 e. The number of fused-ring (bicyclic) bond motifs is 1. The molecule has 2 aromatic carbocycles. The number of hydrogen-bond donors (Lipinski definition) is 2. The van der Waals surface area contributed by atoms with E-state index in [-0.39, 0.29) is 10.8 Å². The van der Waals surface area contributed by atoms with E-state index in [0.717, 1.165) is 45.1 Å². The van der Waals surface area contributed by atoms with Crippen LogP contribution in [-0.2, 0) is 4.74 Å². The Bertz CT molecular complexity index is 771. The second kappa shape index (κ2) is 9.47. The minimum Gasteiger partial charge on any atom is -0.381 e. The van der Waals surface area contributed by atoms with Gasteiger partial charge >= 0.3 is 0 Å². The molecule has 1 unspecified atom stereocenters. The SMILES string of the molecule is CCNC(=NCC1(SC)CCOCC1)NC(C)c1ccc2ccccc2c1. The van der Waals surface area contributed by atoms with Gasteiger partial charge < -0.3 is 15.4 Å². The molecule has 0 saturated carbocycles. The molecular formula is C22H31N3OS. The van der Waals surface area contributed by atoms with Gasteiger partial charge in [-0.1, -0.05) is 36.4 Å². The lowest BCUT2D eigenvalue weighted by Gasteiger charge is -2.34. The highest BCUT2D eigenvalue weighted by Gasteiger charge is 2.31. The molecule has 0 bridgehead atoms. The van der Waals surface area contributed by atoms with Gasteiger partial charge in [0.15, 0.2) is 5.96 Å². The average molecular weight is 386 g/mol. The van der Waals surface area contributed by atoms with Gasteiger partial charge in [0.1, 0.15) is 0 Å². The number of ether oxygens (including phenoxy) is 1. The average Bonchev–Trinajstić information content (AvgIpc) is 2.72. The van der Waals surface area contributed by atoms with Crippen molar-refractivity contribution >= 4 is 28.5 Å². The Morgan fingerprint density at radius 3 is 2.63 bits per heavy atom. The second-order valence-corrected chi connectivity index (χ2v) is 8.44. The van der Waals surface area contributed by atoms with E-state index < -0.39 is 0 Å². The van der Waals surface area contributed by atoms with E-state index >= 15 is 0 Å². The summed E-state index contributed by atoms with van der Waals surface area (Å²) < 4.78 is 5.75. The van der Waals surface area contributed by atoms with Gasteiger partial charge in [-0.3, -0.25) is 4.99 Å². The lowest BCUT2D eigenvalue weighted by molar-refractivity contribution is 0.0794. The zero-order chi connectivity index (χ0) is 19.1. The van der Waals surface area contributed by atoms with Crippen LogP contribution in [-0.4, -0.2) is 43.3 Å². The first kappa shape index (κ1) is 20.0. The first-order chi connectivity index (χ1) is 13.2. The van der Waals surface area contributed by atoms with Crippen LogP contribution in [0.1, 0.15) is 38.3 Å². The number of nitrogens with zero attached hydrogens (tertiary/aromatic N) is 1. The first-order valence-corrected chi connectivity index (χ1v) is 11.0. The van der Waals surface area contributed by atoms with Gasteiger partial charge in [0.05, 0.1) is 12.6 Å². The minimum atomic E-state index is 0.187. The topological polar surface area (TPSA) is 45.7 Å². The molecule has 1 aliphatic heterocycles. The predicted molar refractivity (Wildman–Crippen MR) is 118 cm³/mol. The van der Waals surface area contributed by atoms with Crippen LogP contribution in [0.15, 0.2) is 47.5 Å². The summed E-state index contributed by atoms with van der Waals surface area (Å²) in [5.74, 6) is 0.887. The van der Waals surface area contributed by atoms with Gasteiger partial charge in [-0.25, -0.2) is 0 Å². The molecule has 4 nitrogen and oxygen atoms in total. The Labute approximate surface area is 167 Å². The van der Waals surface area contributed by atoms with E-state index in [4.69, 9.17) is 9.73 Å². The molecule has 27 heavy (non-hydrogen) atoms. The molecule has 2 N–H and O–H groups in total. The van der Waals surface area contributed by atoms with Crippen molar-refractivity contribution in [2.75, 3.05) is 32.6 Å². The summed E-state index contributed by atoms with van der Waals surface area (Å²) in [6, 6.07) is 15.3. The van der Waals surface area contributed by atoms with Crippen LogP contribution in [0.3, 0.4) is 0 Å². The number of hydrogen-bond acceptors (Lipinski definition) is 3. The summed E-state index contributed by atoms with van der Waals surface area (Å²) in [4.78, 5) is 4.93. The van der Waals surface area contributed by atoms with Crippen LogP contribution in [0.2, 0.25) is 0 Å². The highest BCUT2D eigenvalue weighted by Crippen LogP contribution is 2.34. The van der Waals surface area contributed by atoms with Gasteiger partial charge in [-0.15, -0.1) is 0 Å². The quantitative estimate of drug-likeness (QED) is 0.573. The number of guanidine groups is 1. The van der Waals surface area contributed by atoms with Crippen molar-refractivity contribution in [3.05, 3.63) is 48.0 Å². The van der Waals surface area contributed by atoms with E-state index in [2.05, 4.69) is 73.2 Å². The summed E-state index contributed by atoms with van der Waals surface area (Å²) >= 11 is 1.93. The van der Waals surface area contributed by atoms with Crippen molar-refractivity contribution in [3.63, 3.8) is 0 Å². The maximum atomic E-state index is 5.55. The molecule has 3 rings (SSSR count). The van der Waals surface area contributed by atoms with Crippen molar-refractivity contribution < 1.29 is 4.74 Å². The van der Waals surface area contributed by atoms with Gasteiger partial charge in [0, 0.05) is 24.5 Å². The van der Waals surface area contributed by atoms with Gasteiger partial charge in [0.25, 0.3) is 0 Å². The summed E-state index contributed by atoms with van der Waals surface area (Å²) in [5.41, 5.74) is 1.27. The highest BCUT2D eigenvalue weighted by atomic mass is 32.2. The summed E-state index contributed by atoms with van der Waals surface area (Å²) in [5, 5.41) is 9.52. The van der Waals surface area contributed by atoms with Crippen LogP contribution < -0.4 is 10.6 Å². The third-order valence-electron chi connectivity index (χ3n) is 5.33. The normalized spacial score (nSPS) is 18.3. The molecule has 0 amide bonds. The molecule has 0 aromatic heterocycles. The molecule has 1 aliphatic rings. The molecule has 0 radical (unpaired) electrons. The van der Waals surface area contributed by atoms with Crippen LogP contribution in [0.25, 0.3) is 10.8 Å². The largest absolute Gasteiger partial charge is 0.381 e. The monoisotopic (exact) mass is 385 g/mol. The predicted octanol–water partition coefficient (Wildman–Crippen LogP) is 4.37. The van der Waals surface area contributed by atoms with Gasteiger partial charge in [-0.2, -0.15) is 11.8 Å². The number of nitrogens with one attached hydrogen (secondary N) is 2. The number of aliphatic imine (C=N–C) groups is 1. The Hall–Kier alpha value is -1.72. The first-order valence-electron chi connectivity index (χ1n) is 9.82. The Morgan fingerprint density at radius 2 is 1.93 bits per heavy atom. The zero-order valence-corrected chi connectivity index (χ0v) is 17.4. The number of benzene rings is 2. The zero-order valence-electron chi connectivity index (χ0n) is 16.6. The van der Waals surface area contributed by atoms with E-state index in [9.17, 15) is 0 Å². The highest BCUT2D eigenvalue weighted by molar-refractivity contribution is 8.00. The third-order valence-corrected chi connectivity index (χ3v) is 6.74. The summed E-state index contributed by atoms with van der Waals surface area (Å²) in [6.45, 7) is 7.65. The lowest BCUT2D eigenvalue weighted by Crippen LogP contribution is -2.41. The fourth-order valence-corrected chi connectivity index (χ4v) is 4.25. The second-order valence-electron chi connectivity index (χ2n) is 7.17. The molecule has 0 spiro atoms. The third kappa shape index (κ3) is 5.17. The van der Waals surface area contributed by atoms with E-state index in [1.165, 1.54) is 16.3 Å². The summed E-state index contributed by atoms with van der Waals surface area (Å²) in [7, 11) is 0. The molecule has 5 heteroatoms. The maximum Gasteiger partial charge on any atom is 0.191 e. The molecule has 1 saturated heterocycles. The van der Waals surface area contributed by atoms with E-state index in [0.29, 0.717) is 0 Å². The molecule has 0 aliphatic carbocycles. The molecule has 1 fully saturated rings. The van der Waals surface area contributed by atoms with Crippen molar-refractivity contribution in [1.29, 1.82) is 0 Å². The Morgan fingerprint density at radius 1 is 1.19 bits per heavy atom. The molecule has 1 atom stereocenters. The fourth-order valence-electron chi connectivity index (χ4n) is 3.48. The van der Waals surface area contributed by atoms with Crippen LogP contribution in [0, 0.1) is 0 Å². The minimum absolute atomic E-state index is 0.187.